The minimum atomic E-state index is -0.474. The Kier molecular flexibility index (Phi) is 7.37. The Morgan fingerprint density at radius 3 is 2.74 bits per heavy atom. The zero-order chi connectivity index (χ0) is 24.1. The van der Waals surface area contributed by atoms with E-state index < -0.39 is 12.0 Å². The maximum Gasteiger partial charge on any atom is 0.338 e. The second kappa shape index (κ2) is 10.6. The Balaban J connectivity index is 1.63. The number of ether oxygens (including phenoxy) is 2. The molecule has 0 saturated carbocycles. The number of benzene rings is 2. The molecule has 0 spiro atoms. The lowest BCUT2D eigenvalue weighted by atomic mass is 9.96. The number of allylic oxidation sites excluding steroid dienone is 1. The minimum absolute atomic E-state index is 0.134. The molecule has 0 fully saturated rings. The van der Waals surface area contributed by atoms with Crippen LogP contribution in [0, 0.1) is 6.92 Å². The van der Waals surface area contributed by atoms with Crippen LogP contribution in [0.1, 0.15) is 36.6 Å². The first kappa shape index (κ1) is 23.6. The van der Waals surface area contributed by atoms with Crippen molar-refractivity contribution < 1.29 is 14.3 Å². The molecule has 0 amide bonds. The molecule has 2 heterocycles. The number of fused-ring (bicyclic) bond motifs is 1. The van der Waals surface area contributed by atoms with Crippen molar-refractivity contribution >= 4 is 23.7 Å². The highest BCUT2D eigenvalue weighted by Gasteiger charge is 2.35. The molecule has 1 atom stereocenters. The number of nitrogens with zero attached hydrogens (tertiary/aromatic N) is 3. The summed E-state index contributed by atoms with van der Waals surface area (Å²) in [6.07, 6.45) is 1.55. The Labute approximate surface area is 203 Å². The minimum Gasteiger partial charge on any atom is -0.489 e. The van der Waals surface area contributed by atoms with Crippen molar-refractivity contribution in [3.63, 3.8) is 0 Å². The fourth-order valence-electron chi connectivity index (χ4n) is 3.82. The largest absolute Gasteiger partial charge is 0.489 e. The van der Waals surface area contributed by atoms with Crippen LogP contribution in [0.4, 0.5) is 5.95 Å². The summed E-state index contributed by atoms with van der Waals surface area (Å²) in [6.45, 7) is 10.2. The number of aryl methyl sites for hydroxylation is 1. The Morgan fingerprint density at radius 1 is 1.24 bits per heavy atom. The van der Waals surface area contributed by atoms with Crippen LogP contribution in [0.3, 0.4) is 0 Å². The Hall–Kier alpha value is -3.52. The number of rotatable bonds is 9. The van der Waals surface area contributed by atoms with Crippen molar-refractivity contribution in [1.82, 2.24) is 14.8 Å². The zero-order valence-corrected chi connectivity index (χ0v) is 20.4. The number of hydrogen-bond donors (Lipinski definition) is 1. The number of hydrogen-bond acceptors (Lipinski definition) is 7. The molecule has 1 aliphatic heterocycles. The summed E-state index contributed by atoms with van der Waals surface area (Å²) in [5.41, 5.74) is 4.37. The van der Waals surface area contributed by atoms with Gasteiger partial charge in [0.2, 0.25) is 11.1 Å². The van der Waals surface area contributed by atoms with Gasteiger partial charge in [0, 0.05) is 5.70 Å². The molecule has 3 aromatic rings. The summed E-state index contributed by atoms with van der Waals surface area (Å²) >= 11 is 1.55. The lowest BCUT2D eigenvalue weighted by molar-refractivity contribution is -0.138. The molecule has 4 rings (SSSR count). The van der Waals surface area contributed by atoms with Gasteiger partial charge in [0.05, 0.1) is 5.57 Å². The highest BCUT2D eigenvalue weighted by atomic mass is 32.2. The number of nitrogens with one attached hydrogen (secondary N) is 1. The van der Waals surface area contributed by atoms with Gasteiger partial charge in [-0.15, -0.1) is 5.10 Å². The topological polar surface area (TPSA) is 78.3 Å². The molecule has 176 valence electrons. The van der Waals surface area contributed by atoms with Gasteiger partial charge >= 0.3 is 5.97 Å². The van der Waals surface area contributed by atoms with Gasteiger partial charge in [-0.05, 0) is 42.9 Å². The van der Waals surface area contributed by atoms with Crippen LogP contribution in [-0.2, 0) is 16.1 Å². The van der Waals surface area contributed by atoms with E-state index in [0.717, 1.165) is 22.6 Å². The Bertz CT molecular complexity index is 1220. The van der Waals surface area contributed by atoms with E-state index in [4.69, 9.17) is 9.47 Å². The normalized spacial score (nSPS) is 14.9. The first-order valence-electron chi connectivity index (χ1n) is 11.1. The SMILES string of the molecule is C=CCOC(=O)C1=C(C)Nc2nc(SCC)nn2C1c1ccc(OCc2cccc(C)c2)cc1. The Morgan fingerprint density at radius 2 is 2.03 bits per heavy atom. The van der Waals surface area contributed by atoms with Crippen molar-refractivity contribution in [1.29, 1.82) is 0 Å². The molecule has 8 heteroatoms. The molecule has 1 aromatic heterocycles. The van der Waals surface area contributed by atoms with Crippen LogP contribution >= 0.6 is 11.8 Å². The zero-order valence-electron chi connectivity index (χ0n) is 19.6. The third kappa shape index (κ3) is 5.17. The van der Waals surface area contributed by atoms with Crippen LogP contribution in [0.5, 0.6) is 5.75 Å². The molecule has 0 radical (unpaired) electrons. The number of esters is 1. The lowest BCUT2D eigenvalue weighted by Crippen LogP contribution is -2.29. The highest BCUT2D eigenvalue weighted by Crippen LogP contribution is 2.37. The standard InChI is InChI=1S/C26H28N4O3S/c1-5-14-32-24(31)22-18(4)27-25-28-26(34-6-2)29-30(25)23(22)20-10-12-21(13-11-20)33-16-19-9-7-8-17(3)15-19/h5,7-13,15,23H,1,6,14,16H2,2-4H3,(H,27,28,29). The third-order valence-electron chi connectivity index (χ3n) is 5.34. The summed E-state index contributed by atoms with van der Waals surface area (Å²) in [5, 5.41) is 8.52. The predicted octanol–water partition coefficient (Wildman–Crippen LogP) is 5.30. The summed E-state index contributed by atoms with van der Waals surface area (Å²) in [7, 11) is 0. The van der Waals surface area contributed by atoms with Gasteiger partial charge < -0.3 is 14.8 Å². The average Bonchev–Trinajstić information content (AvgIpc) is 3.23. The molecule has 1 N–H and O–H groups in total. The van der Waals surface area contributed by atoms with Gasteiger partial charge in [-0.1, -0.05) is 73.3 Å². The second-order valence-corrected chi connectivity index (χ2v) is 9.13. The fraction of sp³-hybridized carbons (Fsp3) is 0.269. The van der Waals surface area contributed by atoms with E-state index in [2.05, 4.69) is 41.0 Å². The predicted molar refractivity (Wildman–Crippen MR) is 134 cm³/mol. The lowest BCUT2D eigenvalue weighted by Gasteiger charge is -2.28. The van der Waals surface area contributed by atoms with E-state index in [1.807, 2.05) is 50.2 Å². The molecule has 1 unspecified atom stereocenters. The highest BCUT2D eigenvalue weighted by molar-refractivity contribution is 7.99. The van der Waals surface area contributed by atoms with Crippen LogP contribution in [0.25, 0.3) is 0 Å². The maximum atomic E-state index is 13.0. The summed E-state index contributed by atoms with van der Waals surface area (Å²) in [6, 6.07) is 15.5. The summed E-state index contributed by atoms with van der Waals surface area (Å²) in [5.74, 6) is 1.78. The first-order chi connectivity index (χ1) is 16.5. The summed E-state index contributed by atoms with van der Waals surface area (Å²) in [4.78, 5) is 17.6. The van der Waals surface area contributed by atoms with Crippen molar-refractivity contribution in [2.45, 2.75) is 38.6 Å². The molecule has 0 saturated heterocycles. The number of carbonyl (C=O) groups is 1. The van der Waals surface area contributed by atoms with Crippen LogP contribution in [0.2, 0.25) is 0 Å². The number of aromatic nitrogens is 3. The van der Waals surface area contributed by atoms with Crippen molar-refractivity contribution in [3.05, 3.63) is 89.1 Å². The van der Waals surface area contributed by atoms with E-state index in [-0.39, 0.29) is 6.61 Å². The number of carbonyl (C=O) groups excluding carboxylic acids is 1. The molecule has 34 heavy (non-hydrogen) atoms. The molecule has 0 aliphatic carbocycles. The van der Waals surface area contributed by atoms with Crippen molar-refractivity contribution in [2.24, 2.45) is 0 Å². The van der Waals surface area contributed by atoms with E-state index in [9.17, 15) is 4.79 Å². The molecule has 1 aliphatic rings. The van der Waals surface area contributed by atoms with Gasteiger partial charge in [0.25, 0.3) is 0 Å². The van der Waals surface area contributed by atoms with Gasteiger partial charge in [-0.3, -0.25) is 0 Å². The quantitative estimate of drug-likeness (QED) is 0.255. The van der Waals surface area contributed by atoms with Crippen LogP contribution in [-0.4, -0.2) is 33.1 Å². The monoisotopic (exact) mass is 476 g/mol. The molecule has 2 aromatic carbocycles. The van der Waals surface area contributed by atoms with Gasteiger partial charge in [-0.2, -0.15) is 4.98 Å². The smallest absolute Gasteiger partial charge is 0.338 e. The number of thioether (sulfide) groups is 1. The fourth-order valence-corrected chi connectivity index (χ4v) is 4.38. The molecular weight excluding hydrogens is 448 g/mol. The average molecular weight is 477 g/mol. The van der Waals surface area contributed by atoms with Gasteiger partial charge in [0.1, 0.15) is 25.0 Å². The van der Waals surface area contributed by atoms with Crippen LogP contribution in [0.15, 0.2) is 77.6 Å². The second-order valence-electron chi connectivity index (χ2n) is 7.90. The van der Waals surface area contributed by atoms with Crippen molar-refractivity contribution in [3.8, 4) is 5.75 Å². The van der Waals surface area contributed by atoms with Crippen molar-refractivity contribution in [2.75, 3.05) is 17.7 Å². The van der Waals surface area contributed by atoms with Crippen LogP contribution < -0.4 is 10.1 Å². The molecule has 7 nitrogen and oxygen atoms in total. The van der Waals surface area contributed by atoms with E-state index in [1.54, 1.807) is 22.5 Å². The number of anilines is 1. The third-order valence-corrected chi connectivity index (χ3v) is 6.06. The molecule has 0 bridgehead atoms. The van der Waals surface area contributed by atoms with Gasteiger partial charge in [0.15, 0.2) is 0 Å². The first-order valence-corrected chi connectivity index (χ1v) is 12.1. The van der Waals surface area contributed by atoms with E-state index >= 15 is 0 Å². The summed E-state index contributed by atoms with van der Waals surface area (Å²) < 4.78 is 13.1. The van der Waals surface area contributed by atoms with Gasteiger partial charge in [-0.25, -0.2) is 9.48 Å². The van der Waals surface area contributed by atoms with E-state index in [1.165, 1.54) is 5.56 Å². The van der Waals surface area contributed by atoms with E-state index in [0.29, 0.717) is 29.0 Å². The maximum absolute atomic E-state index is 13.0. The molecular formula is C26H28N4O3S.